The number of nitrogens with one attached hydrogen (secondary N) is 1. The first kappa shape index (κ1) is 19.8. The second-order valence-corrected chi connectivity index (χ2v) is 6.56. The van der Waals surface area contributed by atoms with Crippen LogP contribution in [0.2, 0.25) is 0 Å². The maximum Gasteiger partial charge on any atom is 0.270 e. The molecular weight excluding hydrogens is 397 g/mol. The number of hydrogen-bond donors (Lipinski definition) is 1. The average molecular weight is 413 g/mol. The van der Waals surface area contributed by atoms with Gasteiger partial charge in [-0.25, -0.2) is 19.8 Å². The fraction of sp³-hybridized carbons (Fsp3) is 0. The monoisotopic (exact) mass is 413 g/mol. The van der Waals surface area contributed by atoms with E-state index in [0.717, 1.165) is 11.1 Å². The molecule has 31 heavy (non-hydrogen) atoms. The molecule has 7 nitrogen and oxygen atoms in total. The molecule has 0 aliphatic rings. The predicted molar refractivity (Wildman–Crippen MR) is 117 cm³/mol. The number of nitrogens with zero attached hydrogens (tertiary/aromatic N) is 4. The van der Waals surface area contributed by atoms with Crippen LogP contribution in [0.1, 0.15) is 5.56 Å². The van der Waals surface area contributed by atoms with E-state index in [9.17, 15) is 14.5 Å². The molecule has 4 aromatic rings. The molecule has 0 radical (unpaired) electrons. The molecule has 3 aromatic carbocycles. The number of aromatic nitrogens is 2. The SMILES string of the molecule is O=[N+]([O-])c1cccc(/C=N/Nc2nc(-c3ccccc3)cc(-c3ccc(F)cc3)n2)c1. The molecule has 0 spiro atoms. The molecule has 0 amide bonds. The van der Waals surface area contributed by atoms with Crippen LogP contribution in [-0.2, 0) is 0 Å². The second kappa shape index (κ2) is 8.91. The molecule has 1 N–H and O–H groups in total. The van der Waals surface area contributed by atoms with Gasteiger partial charge in [0, 0.05) is 28.8 Å². The first-order valence-corrected chi connectivity index (χ1v) is 9.32. The van der Waals surface area contributed by atoms with Crippen LogP contribution in [0, 0.1) is 15.9 Å². The molecule has 0 saturated heterocycles. The van der Waals surface area contributed by atoms with Crippen molar-refractivity contribution >= 4 is 17.9 Å². The lowest BCUT2D eigenvalue weighted by molar-refractivity contribution is -0.384. The third-order valence-electron chi connectivity index (χ3n) is 4.39. The van der Waals surface area contributed by atoms with Crippen molar-refractivity contribution in [2.24, 2.45) is 5.10 Å². The number of rotatable bonds is 6. The van der Waals surface area contributed by atoms with E-state index in [1.807, 2.05) is 36.4 Å². The standard InChI is InChI=1S/C23H16FN5O2/c24-19-11-9-18(10-12-19)22-14-21(17-6-2-1-3-7-17)26-23(27-22)28-25-15-16-5-4-8-20(13-16)29(30)31/h1-15H,(H,26,27,28)/b25-15+. The summed E-state index contributed by atoms with van der Waals surface area (Å²) in [5.41, 5.74) is 6.19. The maximum absolute atomic E-state index is 13.3. The minimum absolute atomic E-state index is 0.0233. The van der Waals surface area contributed by atoms with E-state index in [0.29, 0.717) is 17.0 Å². The summed E-state index contributed by atoms with van der Waals surface area (Å²) in [7, 11) is 0. The van der Waals surface area contributed by atoms with Crippen molar-refractivity contribution in [3.8, 4) is 22.5 Å². The van der Waals surface area contributed by atoms with Gasteiger partial charge in [0.05, 0.1) is 22.5 Å². The van der Waals surface area contributed by atoms with Crippen LogP contribution in [0.5, 0.6) is 0 Å². The summed E-state index contributed by atoms with van der Waals surface area (Å²) in [5, 5.41) is 15.0. The lowest BCUT2D eigenvalue weighted by Crippen LogP contribution is -2.00. The zero-order valence-corrected chi connectivity index (χ0v) is 16.1. The number of hydrazone groups is 1. The Hall–Kier alpha value is -4.46. The highest BCUT2D eigenvalue weighted by molar-refractivity contribution is 5.81. The van der Waals surface area contributed by atoms with Crippen molar-refractivity contribution < 1.29 is 9.31 Å². The smallest absolute Gasteiger partial charge is 0.258 e. The molecule has 0 unspecified atom stereocenters. The molecular formula is C23H16FN5O2. The Morgan fingerprint density at radius 1 is 0.871 bits per heavy atom. The van der Waals surface area contributed by atoms with Gasteiger partial charge in [-0.2, -0.15) is 5.10 Å². The lowest BCUT2D eigenvalue weighted by atomic mass is 10.1. The van der Waals surface area contributed by atoms with Gasteiger partial charge in [0.15, 0.2) is 0 Å². The maximum atomic E-state index is 13.3. The first-order valence-electron chi connectivity index (χ1n) is 9.32. The lowest BCUT2D eigenvalue weighted by Gasteiger charge is -2.08. The van der Waals surface area contributed by atoms with Gasteiger partial charge in [-0.3, -0.25) is 10.1 Å². The average Bonchev–Trinajstić information content (AvgIpc) is 2.80. The molecule has 0 atom stereocenters. The normalized spacial score (nSPS) is 10.9. The third-order valence-corrected chi connectivity index (χ3v) is 4.39. The Bertz CT molecular complexity index is 1240. The highest BCUT2D eigenvalue weighted by atomic mass is 19.1. The van der Waals surface area contributed by atoms with Crippen LogP contribution in [-0.4, -0.2) is 21.1 Å². The van der Waals surface area contributed by atoms with E-state index >= 15 is 0 Å². The quantitative estimate of drug-likeness (QED) is 0.263. The number of hydrogen-bond acceptors (Lipinski definition) is 6. The molecule has 4 rings (SSSR count). The molecule has 0 saturated carbocycles. The number of nitro groups is 1. The number of halogens is 1. The Morgan fingerprint density at radius 2 is 1.55 bits per heavy atom. The summed E-state index contributed by atoms with van der Waals surface area (Å²) in [6, 6.07) is 23.5. The van der Waals surface area contributed by atoms with Crippen molar-refractivity contribution in [2.75, 3.05) is 5.43 Å². The van der Waals surface area contributed by atoms with E-state index in [2.05, 4.69) is 20.5 Å². The second-order valence-electron chi connectivity index (χ2n) is 6.56. The van der Waals surface area contributed by atoms with Gasteiger partial charge in [0.25, 0.3) is 5.69 Å². The Balaban J connectivity index is 1.66. The molecule has 1 aromatic heterocycles. The molecule has 152 valence electrons. The topological polar surface area (TPSA) is 93.3 Å². The Morgan fingerprint density at radius 3 is 2.23 bits per heavy atom. The van der Waals surface area contributed by atoms with E-state index in [-0.39, 0.29) is 17.5 Å². The van der Waals surface area contributed by atoms with Crippen LogP contribution >= 0.6 is 0 Å². The van der Waals surface area contributed by atoms with Crippen molar-refractivity contribution in [1.29, 1.82) is 0 Å². The van der Waals surface area contributed by atoms with Gasteiger partial charge in [0.2, 0.25) is 5.95 Å². The number of nitro benzene ring substituents is 1. The van der Waals surface area contributed by atoms with E-state index in [1.54, 1.807) is 24.3 Å². The summed E-state index contributed by atoms with van der Waals surface area (Å²) in [5.74, 6) is -0.0941. The largest absolute Gasteiger partial charge is 0.270 e. The van der Waals surface area contributed by atoms with E-state index in [1.165, 1.54) is 30.5 Å². The number of non-ortho nitro benzene ring substituents is 1. The fourth-order valence-electron chi connectivity index (χ4n) is 2.91. The van der Waals surface area contributed by atoms with Gasteiger partial charge in [-0.05, 0) is 30.3 Å². The summed E-state index contributed by atoms with van der Waals surface area (Å²) >= 11 is 0. The zero-order chi connectivity index (χ0) is 21.6. The van der Waals surface area contributed by atoms with Gasteiger partial charge in [-0.15, -0.1) is 0 Å². The summed E-state index contributed by atoms with van der Waals surface area (Å²) in [6.07, 6.45) is 1.45. The van der Waals surface area contributed by atoms with Gasteiger partial charge in [-0.1, -0.05) is 42.5 Å². The number of benzene rings is 3. The van der Waals surface area contributed by atoms with Crippen molar-refractivity contribution in [3.63, 3.8) is 0 Å². The summed E-state index contributed by atoms with van der Waals surface area (Å²) < 4.78 is 13.3. The fourth-order valence-corrected chi connectivity index (χ4v) is 2.91. The minimum Gasteiger partial charge on any atom is -0.258 e. The number of anilines is 1. The molecule has 8 heteroatoms. The molecule has 0 bridgehead atoms. The third kappa shape index (κ3) is 4.94. The Kier molecular flexibility index (Phi) is 5.70. The van der Waals surface area contributed by atoms with Gasteiger partial charge in [0.1, 0.15) is 5.82 Å². The van der Waals surface area contributed by atoms with Crippen LogP contribution in [0.25, 0.3) is 22.5 Å². The summed E-state index contributed by atoms with van der Waals surface area (Å²) in [6.45, 7) is 0. The van der Waals surface area contributed by atoms with Crippen LogP contribution in [0.15, 0.2) is 90.0 Å². The van der Waals surface area contributed by atoms with Crippen molar-refractivity contribution in [2.45, 2.75) is 0 Å². The predicted octanol–water partition coefficient (Wildman–Crippen LogP) is 5.30. The molecule has 0 aliphatic heterocycles. The van der Waals surface area contributed by atoms with Crippen LogP contribution < -0.4 is 5.43 Å². The van der Waals surface area contributed by atoms with E-state index < -0.39 is 4.92 Å². The van der Waals surface area contributed by atoms with Crippen LogP contribution in [0.3, 0.4) is 0 Å². The highest BCUT2D eigenvalue weighted by Crippen LogP contribution is 2.25. The Labute approximate surface area is 177 Å². The minimum atomic E-state index is -0.466. The molecule has 0 fully saturated rings. The molecule has 0 aliphatic carbocycles. The zero-order valence-electron chi connectivity index (χ0n) is 16.1. The first-order chi connectivity index (χ1) is 15.1. The van der Waals surface area contributed by atoms with Crippen LogP contribution in [0.4, 0.5) is 16.0 Å². The van der Waals surface area contributed by atoms with E-state index in [4.69, 9.17) is 0 Å². The van der Waals surface area contributed by atoms with Crippen molar-refractivity contribution in [3.05, 3.63) is 106 Å². The van der Waals surface area contributed by atoms with Gasteiger partial charge < -0.3 is 0 Å². The highest BCUT2D eigenvalue weighted by Gasteiger charge is 2.09. The summed E-state index contributed by atoms with van der Waals surface area (Å²) in [4.78, 5) is 19.4. The molecule has 1 heterocycles. The van der Waals surface area contributed by atoms with Gasteiger partial charge >= 0.3 is 0 Å². The van der Waals surface area contributed by atoms with Crippen molar-refractivity contribution in [1.82, 2.24) is 9.97 Å².